The van der Waals surface area contributed by atoms with Gasteiger partial charge in [0, 0.05) is 42.9 Å². The van der Waals surface area contributed by atoms with Crippen molar-refractivity contribution >= 4 is 46.4 Å². The highest BCUT2D eigenvalue weighted by Crippen LogP contribution is 2.27. The number of benzene rings is 2. The number of rotatable bonds is 5. The first-order valence-electron chi connectivity index (χ1n) is 16.5. The van der Waals surface area contributed by atoms with Crippen molar-refractivity contribution in [3.05, 3.63) is 71.4 Å². The summed E-state index contributed by atoms with van der Waals surface area (Å²) >= 11 is 0. The number of pyridine rings is 1. The van der Waals surface area contributed by atoms with E-state index in [1.54, 1.807) is 36.4 Å². The van der Waals surface area contributed by atoms with Gasteiger partial charge in [-0.15, -0.1) is 0 Å². The summed E-state index contributed by atoms with van der Waals surface area (Å²) < 4.78 is 5.55. The first kappa shape index (κ1) is 33.4. The number of carbonyl (C=O) groups excluding carboxylic acids is 5. The van der Waals surface area contributed by atoms with E-state index < -0.39 is 53.8 Å². The largest absolute Gasteiger partial charge is 0.493 e. The Balaban J connectivity index is 1.25. The molecule has 5 N–H and O–H groups in total. The van der Waals surface area contributed by atoms with Crippen LogP contribution in [0.5, 0.6) is 5.75 Å². The fourth-order valence-corrected chi connectivity index (χ4v) is 6.50. The fourth-order valence-electron chi connectivity index (χ4n) is 6.50. The lowest BCUT2D eigenvalue weighted by molar-refractivity contribution is -0.144. The van der Waals surface area contributed by atoms with Crippen LogP contribution < -0.4 is 26.0 Å². The summed E-state index contributed by atoms with van der Waals surface area (Å²) in [6.45, 7) is 0.760. The van der Waals surface area contributed by atoms with Gasteiger partial charge in [0.1, 0.15) is 29.6 Å². The number of nitrogens with one attached hydrogen (secondary N) is 4. The maximum absolute atomic E-state index is 14.3. The van der Waals surface area contributed by atoms with E-state index in [0.29, 0.717) is 49.2 Å². The summed E-state index contributed by atoms with van der Waals surface area (Å²) in [5.74, 6) is -3.21. The summed E-state index contributed by atoms with van der Waals surface area (Å²) in [6.07, 6.45) is 1.57. The van der Waals surface area contributed by atoms with Crippen LogP contribution in [0.15, 0.2) is 54.6 Å². The Hall–Kier alpha value is -5.53. The maximum Gasteiger partial charge on any atom is 0.326 e. The molecule has 2 saturated heterocycles. The Kier molecular flexibility index (Phi) is 10.0. The average molecular weight is 671 g/mol. The molecule has 3 aromatic rings. The number of aliphatic carboxylic acids is 1. The Morgan fingerprint density at radius 1 is 0.939 bits per heavy atom. The Morgan fingerprint density at radius 2 is 1.78 bits per heavy atom. The molecule has 3 aliphatic heterocycles. The second kappa shape index (κ2) is 14.7. The molecule has 5 amide bonds. The van der Waals surface area contributed by atoms with Crippen molar-refractivity contribution in [2.24, 2.45) is 0 Å². The molecule has 0 spiro atoms. The zero-order valence-corrected chi connectivity index (χ0v) is 26.8. The number of fused-ring (bicyclic) bond motifs is 3. The van der Waals surface area contributed by atoms with Gasteiger partial charge in [-0.25, -0.2) is 9.78 Å². The molecule has 2 aromatic carbocycles. The minimum Gasteiger partial charge on any atom is -0.493 e. The van der Waals surface area contributed by atoms with Gasteiger partial charge in [-0.2, -0.15) is 0 Å². The summed E-state index contributed by atoms with van der Waals surface area (Å²) in [6, 6.07) is 11.5. The molecule has 49 heavy (non-hydrogen) atoms. The highest BCUT2D eigenvalue weighted by Gasteiger charge is 2.43. The van der Waals surface area contributed by atoms with Gasteiger partial charge in [-0.05, 0) is 68.0 Å². The number of hydrogen-bond acceptors (Lipinski definition) is 8. The standard InChI is InChI=1S/C35H38N6O8/c42-30-13-11-27(35(47)48)40-33(45)28-18-23(37-32(44)25-10-8-20-5-1-2-6-24(20)38-25)19-41(28)34(46)26(7-3-4-15-36-30)39-31(43)22-9-12-29-21(17-22)14-16-49-29/h1-2,5-6,8-10,12,17,23,26-28H,3-4,7,11,13-16,18-19H2,(H,36,42)(H,37,44)(H,39,43)(H,40,45)(H,47,48)/t23-,26+,27+,28+/m1/s1. The molecule has 256 valence electrons. The van der Waals surface area contributed by atoms with E-state index in [4.69, 9.17) is 4.74 Å². The van der Waals surface area contributed by atoms with E-state index >= 15 is 0 Å². The van der Waals surface area contributed by atoms with Crippen molar-refractivity contribution in [2.75, 3.05) is 19.7 Å². The van der Waals surface area contributed by atoms with E-state index in [2.05, 4.69) is 26.3 Å². The lowest BCUT2D eigenvalue weighted by Gasteiger charge is -2.29. The predicted molar refractivity (Wildman–Crippen MR) is 176 cm³/mol. The molecule has 14 nitrogen and oxygen atoms in total. The van der Waals surface area contributed by atoms with Crippen LogP contribution in [-0.4, -0.2) is 94.4 Å². The zero-order valence-electron chi connectivity index (χ0n) is 26.8. The van der Waals surface area contributed by atoms with E-state index in [-0.39, 0.29) is 43.8 Å². The van der Waals surface area contributed by atoms with E-state index in [1.165, 1.54) is 4.90 Å². The molecule has 0 bridgehead atoms. The molecular formula is C35H38N6O8. The fraction of sp³-hybridized carbons (Fsp3) is 0.400. The zero-order chi connectivity index (χ0) is 34.5. The van der Waals surface area contributed by atoms with Crippen molar-refractivity contribution in [2.45, 2.75) is 69.1 Å². The number of para-hydroxylation sites is 1. The molecule has 4 heterocycles. The smallest absolute Gasteiger partial charge is 0.326 e. The SMILES string of the molecule is O=C1CC[C@@H](C(=O)O)NC(=O)[C@@H]2C[C@@H](NC(=O)c3ccc4ccccc4n3)CN2C(=O)[C@@H](NC(=O)c2ccc3c(c2)CCO3)CCCCN1. The van der Waals surface area contributed by atoms with Gasteiger partial charge >= 0.3 is 5.97 Å². The number of carboxylic acid groups (broad SMARTS) is 1. The van der Waals surface area contributed by atoms with Crippen LogP contribution in [-0.2, 0) is 25.6 Å². The summed E-state index contributed by atoms with van der Waals surface area (Å²) in [5.41, 5.74) is 2.04. The van der Waals surface area contributed by atoms with Crippen LogP contribution in [0.1, 0.15) is 64.9 Å². The monoisotopic (exact) mass is 670 g/mol. The van der Waals surface area contributed by atoms with Crippen molar-refractivity contribution in [1.29, 1.82) is 0 Å². The molecule has 2 fully saturated rings. The van der Waals surface area contributed by atoms with Crippen LogP contribution in [0.4, 0.5) is 0 Å². The first-order valence-corrected chi connectivity index (χ1v) is 16.5. The van der Waals surface area contributed by atoms with Crippen molar-refractivity contribution < 1.29 is 38.6 Å². The number of carbonyl (C=O) groups is 6. The molecule has 0 radical (unpaired) electrons. The van der Waals surface area contributed by atoms with E-state index in [9.17, 15) is 33.9 Å². The molecule has 0 saturated carbocycles. The average Bonchev–Trinajstić information content (AvgIpc) is 3.75. The number of carboxylic acids is 1. The highest BCUT2D eigenvalue weighted by atomic mass is 16.5. The quantitative estimate of drug-likeness (QED) is 0.266. The topological polar surface area (TPSA) is 196 Å². The second-order valence-corrected chi connectivity index (χ2v) is 12.5. The van der Waals surface area contributed by atoms with Gasteiger partial charge in [-0.1, -0.05) is 24.3 Å². The summed E-state index contributed by atoms with van der Waals surface area (Å²) in [4.78, 5) is 85.0. The second-order valence-electron chi connectivity index (χ2n) is 12.5. The molecule has 0 unspecified atom stereocenters. The van der Waals surface area contributed by atoms with Gasteiger partial charge in [0.05, 0.1) is 12.1 Å². The molecule has 0 aliphatic carbocycles. The summed E-state index contributed by atoms with van der Waals surface area (Å²) in [7, 11) is 0. The minimum absolute atomic E-state index is 0.00475. The lowest BCUT2D eigenvalue weighted by atomic mass is 10.0. The first-order chi connectivity index (χ1) is 23.7. The highest BCUT2D eigenvalue weighted by molar-refractivity contribution is 5.99. The molecular weight excluding hydrogens is 632 g/mol. The van der Waals surface area contributed by atoms with Crippen LogP contribution >= 0.6 is 0 Å². The Bertz CT molecular complexity index is 1800. The van der Waals surface area contributed by atoms with Crippen molar-refractivity contribution in [1.82, 2.24) is 31.2 Å². The predicted octanol–water partition coefficient (Wildman–Crippen LogP) is 1.32. The third-order valence-electron chi connectivity index (χ3n) is 9.12. The van der Waals surface area contributed by atoms with Crippen LogP contribution in [0.2, 0.25) is 0 Å². The third kappa shape index (κ3) is 7.79. The normalized spacial score (nSPS) is 23.2. The van der Waals surface area contributed by atoms with Crippen molar-refractivity contribution in [3.8, 4) is 5.75 Å². The minimum atomic E-state index is -1.38. The lowest BCUT2D eigenvalue weighted by Crippen LogP contribution is -2.55. The third-order valence-corrected chi connectivity index (χ3v) is 9.12. The van der Waals surface area contributed by atoms with Crippen LogP contribution in [0.25, 0.3) is 10.9 Å². The molecule has 1 aromatic heterocycles. The molecule has 4 atom stereocenters. The van der Waals surface area contributed by atoms with Gasteiger partial charge in [-0.3, -0.25) is 24.0 Å². The number of ether oxygens (including phenoxy) is 1. The van der Waals surface area contributed by atoms with Crippen LogP contribution in [0, 0.1) is 0 Å². The molecule has 6 rings (SSSR count). The van der Waals surface area contributed by atoms with E-state index in [0.717, 1.165) is 10.9 Å². The van der Waals surface area contributed by atoms with Gasteiger partial charge in [0.25, 0.3) is 11.8 Å². The summed E-state index contributed by atoms with van der Waals surface area (Å²) in [5, 5.41) is 21.6. The van der Waals surface area contributed by atoms with Gasteiger partial charge in [0.15, 0.2) is 0 Å². The Labute approximate surface area is 282 Å². The number of hydrogen-bond donors (Lipinski definition) is 5. The molecule has 14 heteroatoms. The van der Waals surface area contributed by atoms with Gasteiger partial charge in [0.2, 0.25) is 17.7 Å². The maximum atomic E-state index is 14.3. The van der Waals surface area contributed by atoms with Crippen LogP contribution in [0.3, 0.4) is 0 Å². The number of amides is 5. The van der Waals surface area contributed by atoms with Crippen molar-refractivity contribution in [3.63, 3.8) is 0 Å². The Morgan fingerprint density at radius 3 is 2.61 bits per heavy atom. The number of nitrogens with zero attached hydrogens (tertiary/aromatic N) is 2. The van der Waals surface area contributed by atoms with Gasteiger partial charge < -0.3 is 36.0 Å². The molecule has 3 aliphatic rings. The number of aromatic nitrogens is 1. The van der Waals surface area contributed by atoms with E-state index in [1.807, 2.05) is 18.2 Å².